The minimum atomic E-state index is -0.0882. The van der Waals surface area contributed by atoms with Crippen LogP contribution in [0.4, 0.5) is 5.88 Å². The van der Waals surface area contributed by atoms with Crippen molar-refractivity contribution in [1.82, 2.24) is 5.16 Å². The van der Waals surface area contributed by atoms with E-state index in [1.807, 2.05) is 0 Å². The maximum absolute atomic E-state index is 6.08. The summed E-state index contributed by atoms with van der Waals surface area (Å²) in [5.74, 6) is 0.916. The van der Waals surface area contributed by atoms with E-state index in [0.29, 0.717) is 22.0 Å². The molecule has 1 saturated heterocycles. The lowest BCUT2D eigenvalue weighted by atomic mass is 10.0. The number of nitrogen functional groups attached to an aromatic ring is 1. The number of nitrogens with two attached hydrogens (primary N) is 1. The Morgan fingerprint density at radius 1 is 1.45 bits per heavy atom. The molecule has 1 aliphatic rings. The van der Waals surface area contributed by atoms with E-state index in [4.69, 9.17) is 31.3 Å². The summed E-state index contributed by atoms with van der Waals surface area (Å²) in [6.07, 6.45) is 1.82. The summed E-state index contributed by atoms with van der Waals surface area (Å²) >= 11 is 6.08. The lowest BCUT2D eigenvalue weighted by Gasteiger charge is -2.12. The van der Waals surface area contributed by atoms with Gasteiger partial charge in [-0.05, 0) is 31.0 Å². The molecule has 5 nitrogen and oxygen atoms in total. The zero-order valence-corrected chi connectivity index (χ0v) is 11.8. The molecule has 0 bridgehead atoms. The molecule has 106 valence electrons. The van der Waals surface area contributed by atoms with Crippen molar-refractivity contribution in [3.63, 3.8) is 0 Å². The van der Waals surface area contributed by atoms with Gasteiger partial charge in [-0.3, -0.25) is 0 Å². The van der Waals surface area contributed by atoms with Gasteiger partial charge in [0, 0.05) is 17.2 Å². The van der Waals surface area contributed by atoms with E-state index in [2.05, 4.69) is 5.16 Å². The summed E-state index contributed by atoms with van der Waals surface area (Å²) in [6, 6.07) is 5.35. The van der Waals surface area contributed by atoms with Gasteiger partial charge in [0.05, 0.1) is 12.7 Å². The highest BCUT2D eigenvalue weighted by Crippen LogP contribution is 2.42. The summed E-state index contributed by atoms with van der Waals surface area (Å²) < 4.78 is 16.2. The van der Waals surface area contributed by atoms with Crippen LogP contribution in [0.1, 0.15) is 24.6 Å². The van der Waals surface area contributed by atoms with Crippen LogP contribution in [0.15, 0.2) is 22.7 Å². The number of hydrogen-bond acceptors (Lipinski definition) is 5. The fourth-order valence-corrected chi connectivity index (χ4v) is 2.65. The molecule has 1 atom stereocenters. The molecule has 20 heavy (non-hydrogen) atoms. The number of halogens is 1. The predicted molar refractivity (Wildman–Crippen MR) is 75.8 cm³/mol. The van der Waals surface area contributed by atoms with Crippen LogP contribution in [0, 0.1) is 0 Å². The third-order valence-corrected chi connectivity index (χ3v) is 3.65. The molecule has 0 saturated carbocycles. The molecule has 2 heterocycles. The van der Waals surface area contributed by atoms with Gasteiger partial charge < -0.3 is 19.7 Å². The summed E-state index contributed by atoms with van der Waals surface area (Å²) in [6.45, 7) is 0.726. The molecule has 0 radical (unpaired) electrons. The number of anilines is 1. The van der Waals surface area contributed by atoms with E-state index in [-0.39, 0.29) is 12.0 Å². The number of ether oxygens (including phenoxy) is 2. The van der Waals surface area contributed by atoms with Crippen molar-refractivity contribution < 1.29 is 14.0 Å². The molecule has 6 heteroatoms. The topological polar surface area (TPSA) is 70.5 Å². The second-order valence-corrected chi connectivity index (χ2v) is 5.09. The smallest absolute Gasteiger partial charge is 0.230 e. The number of hydrogen-bond donors (Lipinski definition) is 1. The van der Waals surface area contributed by atoms with E-state index in [9.17, 15) is 0 Å². The van der Waals surface area contributed by atoms with Gasteiger partial charge >= 0.3 is 0 Å². The number of nitrogens with zero attached hydrogens (tertiary/aromatic N) is 1. The van der Waals surface area contributed by atoms with Gasteiger partial charge in [-0.2, -0.15) is 0 Å². The van der Waals surface area contributed by atoms with Crippen LogP contribution in [-0.4, -0.2) is 18.9 Å². The van der Waals surface area contributed by atoms with Crippen LogP contribution >= 0.6 is 11.6 Å². The normalized spacial score (nSPS) is 18.4. The molecule has 0 amide bonds. The van der Waals surface area contributed by atoms with Gasteiger partial charge in [-0.15, -0.1) is 0 Å². The molecule has 0 aliphatic carbocycles. The highest BCUT2D eigenvalue weighted by atomic mass is 35.5. The molecular formula is C14H15ClN2O3. The lowest BCUT2D eigenvalue weighted by Crippen LogP contribution is -2.00. The Morgan fingerprint density at radius 3 is 3.00 bits per heavy atom. The molecule has 1 aromatic heterocycles. The maximum Gasteiger partial charge on any atom is 0.230 e. The molecule has 2 N–H and O–H groups in total. The number of benzene rings is 1. The largest absolute Gasteiger partial charge is 0.496 e. The quantitative estimate of drug-likeness (QED) is 0.939. The second-order valence-electron chi connectivity index (χ2n) is 4.65. The van der Waals surface area contributed by atoms with Gasteiger partial charge in [0.1, 0.15) is 17.5 Å². The fourth-order valence-electron chi connectivity index (χ4n) is 2.48. The van der Waals surface area contributed by atoms with Crippen molar-refractivity contribution in [1.29, 1.82) is 0 Å². The van der Waals surface area contributed by atoms with E-state index in [0.717, 1.165) is 25.0 Å². The third-order valence-electron chi connectivity index (χ3n) is 3.41. The Bertz CT molecular complexity index is 621. The summed E-state index contributed by atoms with van der Waals surface area (Å²) in [4.78, 5) is 0. The first-order valence-electron chi connectivity index (χ1n) is 6.41. The Hall–Kier alpha value is -1.72. The van der Waals surface area contributed by atoms with E-state index < -0.39 is 0 Å². The summed E-state index contributed by atoms with van der Waals surface area (Å²) in [7, 11) is 1.60. The van der Waals surface area contributed by atoms with E-state index in [1.165, 1.54) is 0 Å². The molecular weight excluding hydrogens is 280 g/mol. The molecule has 2 aromatic rings. The summed E-state index contributed by atoms with van der Waals surface area (Å²) in [5, 5.41) is 4.65. The molecule has 1 aliphatic heterocycles. The highest BCUT2D eigenvalue weighted by molar-refractivity contribution is 6.31. The highest BCUT2D eigenvalue weighted by Gasteiger charge is 2.28. The molecule has 0 spiro atoms. The van der Waals surface area contributed by atoms with Crippen LogP contribution in [0.5, 0.6) is 5.75 Å². The predicted octanol–water partition coefficient (Wildman–Crippen LogP) is 3.44. The molecule has 3 rings (SSSR count). The van der Waals surface area contributed by atoms with E-state index >= 15 is 0 Å². The second kappa shape index (κ2) is 5.34. The van der Waals surface area contributed by atoms with Crippen molar-refractivity contribution in [3.05, 3.63) is 28.9 Å². The van der Waals surface area contributed by atoms with Crippen molar-refractivity contribution in [2.45, 2.75) is 18.9 Å². The van der Waals surface area contributed by atoms with Gasteiger partial charge in [-0.25, -0.2) is 0 Å². The van der Waals surface area contributed by atoms with Crippen molar-refractivity contribution in [2.75, 3.05) is 19.5 Å². The SMILES string of the molecule is COc1ccc(Cl)cc1-c1c(C2CCCO2)noc1N. The first-order valence-corrected chi connectivity index (χ1v) is 6.79. The first-order chi connectivity index (χ1) is 9.70. The standard InChI is InChI=1S/C14H15ClN2O3/c1-18-10-5-4-8(15)7-9(10)12-13(17-20-14(12)16)11-3-2-6-19-11/h4-5,7,11H,2-3,6,16H2,1H3. The Morgan fingerprint density at radius 2 is 2.30 bits per heavy atom. The summed E-state index contributed by atoms with van der Waals surface area (Å²) in [5.41, 5.74) is 8.11. The zero-order chi connectivity index (χ0) is 14.1. The van der Waals surface area contributed by atoms with Crippen molar-refractivity contribution >= 4 is 17.5 Å². The van der Waals surface area contributed by atoms with Crippen LogP contribution in [0.25, 0.3) is 11.1 Å². The van der Waals surface area contributed by atoms with Gasteiger partial charge in [-0.1, -0.05) is 16.8 Å². The number of rotatable bonds is 3. The van der Waals surface area contributed by atoms with Crippen LogP contribution < -0.4 is 10.5 Å². The lowest BCUT2D eigenvalue weighted by molar-refractivity contribution is 0.106. The first kappa shape index (κ1) is 13.3. The molecule has 1 fully saturated rings. The number of aromatic nitrogens is 1. The average Bonchev–Trinajstić information content (AvgIpc) is 3.07. The molecule has 1 aromatic carbocycles. The minimum Gasteiger partial charge on any atom is -0.496 e. The Kier molecular flexibility index (Phi) is 3.54. The van der Waals surface area contributed by atoms with Crippen molar-refractivity contribution in [2.24, 2.45) is 0 Å². The minimum absolute atomic E-state index is 0.0882. The van der Waals surface area contributed by atoms with Crippen molar-refractivity contribution in [3.8, 4) is 16.9 Å². The monoisotopic (exact) mass is 294 g/mol. The van der Waals surface area contributed by atoms with E-state index in [1.54, 1.807) is 25.3 Å². The third kappa shape index (κ3) is 2.23. The molecule has 1 unspecified atom stereocenters. The van der Waals surface area contributed by atoms with Crippen LogP contribution in [-0.2, 0) is 4.74 Å². The van der Waals surface area contributed by atoms with Gasteiger partial charge in [0.2, 0.25) is 5.88 Å². The average molecular weight is 295 g/mol. The van der Waals surface area contributed by atoms with Gasteiger partial charge in [0.15, 0.2) is 0 Å². The van der Waals surface area contributed by atoms with Gasteiger partial charge in [0.25, 0.3) is 0 Å². The fraction of sp³-hybridized carbons (Fsp3) is 0.357. The van der Waals surface area contributed by atoms with Crippen LogP contribution in [0.2, 0.25) is 5.02 Å². The Labute approximate surface area is 121 Å². The van der Waals surface area contributed by atoms with Crippen LogP contribution in [0.3, 0.4) is 0 Å². The maximum atomic E-state index is 6.08. The number of methoxy groups -OCH3 is 1. The Balaban J connectivity index is 2.14. The zero-order valence-electron chi connectivity index (χ0n) is 11.1.